The fourth-order valence-electron chi connectivity index (χ4n) is 1.90. The Bertz CT molecular complexity index is 578. The van der Waals surface area contributed by atoms with Gasteiger partial charge in [-0.25, -0.2) is 4.98 Å². The van der Waals surface area contributed by atoms with Crippen molar-refractivity contribution in [3.63, 3.8) is 0 Å². The Balaban J connectivity index is 2.24. The number of aromatic nitrogens is 1. The molecule has 0 bridgehead atoms. The SMILES string of the molecule is O=C(O)CN(Cc1ccccc1)c1ccnc(NP)c1. The third-order valence-corrected chi connectivity index (χ3v) is 3.09. The second-order valence-corrected chi connectivity index (χ2v) is 4.57. The molecule has 2 rings (SSSR count). The molecule has 20 heavy (non-hydrogen) atoms. The van der Waals surface area contributed by atoms with Gasteiger partial charge in [-0.05, 0) is 21.0 Å². The van der Waals surface area contributed by atoms with E-state index in [1.165, 1.54) is 0 Å². The molecule has 1 aromatic carbocycles. The number of pyridine rings is 1. The third kappa shape index (κ3) is 3.93. The molecular formula is C14H16N3O2P. The Kier molecular flexibility index (Phi) is 4.91. The van der Waals surface area contributed by atoms with Crippen LogP contribution in [0, 0.1) is 0 Å². The van der Waals surface area contributed by atoms with Crippen molar-refractivity contribution in [1.29, 1.82) is 0 Å². The summed E-state index contributed by atoms with van der Waals surface area (Å²) in [6.07, 6.45) is 1.65. The molecule has 1 heterocycles. The molecule has 6 heteroatoms. The number of anilines is 2. The average Bonchev–Trinajstić information content (AvgIpc) is 2.47. The van der Waals surface area contributed by atoms with Crippen molar-refractivity contribution in [2.75, 3.05) is 16.5 Å². The highest BCUT2D eigenvalue weighted by Gasteiger charge is 2.12. The molecule has 1 atom stereocenters. The molecule has 0 radical (unpaired) electrons. The number of benzene rings is 1. The van der Waals surface area contributed by atoms with Crippen molar-refractivity contribution < 1.29 is 9.90 Å². The Labute approximate surface area is 119 Å². The Morgan fingerprint density at radius 2 is 2.05 bits per heavy atom. The molecule has 2 aromatic rings. The minimum Gasteiger partial charge on any atom is -0.480 e. The first-order valence-corrected chi connectivity index (χ1v) is 6.70. The van der Waals surface area contributed by atoms with Crippen LogP contribution in [0.15, 0.2) is 48.7 Å². The molecule has 0 saturated carbocycles. The van der Waals surface area contributed by atoms with Gasteiger partial charge in [0.05, 0.1) is 0 Å². The average molecular weight is 289 g/mol. The van der Waals surface area contributed by atoms with Gasteiger partial charge in [-0.15, -0.1) is 0 Å². The Hall–Kier alpha value is -2.13. The van der Waals surface area contributed by atoms with E-state index in [0.717, 1.165) is 11.3 Å². The summed E-state index contributed by atoms with van der Waals surface area (Å²) in [4.78, 5) is 17.0. The van der Waals surface area contributed by atoms with Crippen molar-refractivity contribution in [2.24, 2.45) is 0 Å². The van der Waals surface area contributed by atoms with Crippen LogP contribution in [0.4, 0.5) is 11.5 Å². The van der Waals surface area contributed by atoms with E-state index in [-0.39, 0.29) is 6.54 Å². The molecular weight excluding hydrogens is 273 g/mol. The molecule has 0 saturated heterocycles. The van der Waals surface area contributed by atoms with Crippen LogP contribution in [-0.2, 0) is 11.3 Å². The largest absolute Gasteiger partial charge is 0.480 e. The van der Waals surface area contributed by atoms with Crippen LogP contribution in [0.25, 0.3) is 0 Å². The zero-order valence-electron chi connectivity index (χ0n) is 10.9. The first-order valence-electron chi connectivity index (χ1n) is 6.12. The maximum Gasteiger partial charge on any atom is 0.323 e. The maximum absolute atomic E-state index is 11.1. The van der Waals surface area contributed by atoms with Gasteiger partial charge in [0.1, 0.15) is 12.4 Å². The van der Waals surface area contributed by atoms with Crippen LogP contribution < -0.4 is 9.99 Å². The lowest BCUT2D eigenvalue weighted by Crippen LogP contribution is -2.29. The number of carboxylic acid groups (broad SMARTS) is 1. The maximum atomic E-state index is 11.1. The van der Waals surface area contributed by atoms with Gasteiger partial charge >= 0.3 is 5.97 Å². The molecule has 2 N–H and O–H groups in total. The lowest BCUT2D eigenvalue weighted by molar-refractivity contribution is -0.135. The van der Waals surface area contributed by atoms with Crippen LogP contribution in [0.2, 0.25) is 0 Å². The monoisotopic (exact) mass is 289 g/mol. The molecule has 0 aliphatic rings. The summed E-state index contributed by atoms with van der Waals surface area (Å²) in [5.41, 5.74) is 1.88. The van der Waals surface area contributed by atoms with E-state index in [9.17, 15) is 4.79 Å². The highest BCUT2D eigenvalue weighted by atomic mass is 31.0. The van der Waals surface area contributed by atoms with Gasteiger partial charge in [-0.3, -0.25) is 4.79 Å². The van der Waals surface area contributed by atoms with Gasteiger partial charge < -0.3 is 15.1 Å². The zero-order valence-corrected chi connectivity index (χ0v) is 12.0. The van der Waals surface area contributed by atoms with Gasteiger partial charge in [0.25, 0.3) is 0 Å². The highest BCUT2D eigenvalue weighted by molar-refractivity contribution is 7.18. The van der Waals surface area contributed by atoms with E-state index < -0.39 is 5.97 Å². The van der Waals surface area contributed by atoms with Crippen molar-refractivity contribution in [3.05, 3.63) is 54.2 Å². The minimum absolute atomic E-state index is 0.0603. The number of nitrogens with one attached hydrogen (secondary N) is 1. The summed E-state index contributed by atoms with van der Waals surface area (Å²) in [6, 6.07) is 13.4. The number of hydrogen-bond acceptors (Lipinski definition) is 4. The Morgan fingerprint density at radius 1 is 1.30 bits per heavy atom. The van der Waals surface area contributed by atoms with E-state index >= 15 is 0 Å². The Morgan fingerprint density at radius 3 is 2.70 bits per heavy atom. The van der Waals surface area contributed by atoms with E-state index in [4.69, 9.17) is 5.11 Å². The number of carboxylic acids is 1. The zero-order chi connectivity index (χ0) is 14.4. The lowest BCUT2D eigenvalue weighted by Gasteiger charge is -2.23. The van der Waals surface area contributed by atoms with Crippen LogP contribution >= 0.6 is 9.39 Å². The van der Waals surface area contributed by atoms with Crippen LogP contribution in [0.1, 0.15) is 5.56 Å². The summed E-state index contributed by atoms with van der Waals surface area (Å²) in [5, 5.41) is 11.9. The van der Waals surface area contributed by atoms with Crippen molar-refractivity contribution in [1.82, 2.24) is 4.98 Å². The lowest BCUT2D eigenvalue weighted by atomic mass is 10.2. The van der Waals surface area contributed by atoms with Crippen molar-refractivity contribution in [2.45, 2.75) is 6.54 Å². The van der Waals surface area contributed by atoms with E-state index in [2.05, 4.69) is 19.5 Å². The summed E-state index contributed by atoms with van der Waals surface area (Å²) >= 11 is 0. The number of carbonyl (C=O) groups is 1. The van der Waals surface area contributed by atoms with Gasteiger partial charge in [0, 0.05) is 24.5 Å². The smallest absolute Gasteiger partial charge is 0.323 e. The van der Waals surface area contributed by atoms with E-state index in [1.54, 1.807) is 17.2 Å². The first kappa shape index (κ1) is 14.3. The second kappa shape index (κ2) is 6.87. The molecule has 5 nitrogen and oxygen atoms in total. The molecule has 0 spiro atoms. The summed E-state index contributed by atoms with van der Waals surface area (Å²) in [6.45, 7) is 0.475. The fraction of sp³-hybridized carbons (Fsp3) is 0.143. The molecule has 0 amide bonds. The molecule has 0 aliphatic heterocycles. The van der Waals surface area contributed by atoms with E-state index in [0.29, 0.717) is 12.4 Å². The third-order valence-electron chi connectivity index (χ3n) is 2.80. The topological polar surface area (TPSA) is 65.5 Å². The predicted molar refractivity (Wildman–Crippen MR) is 82.7 cm³/mol. The highest BCUT2D eigenvalue weighted by Crippen LogP contribution is 2.20. The summed E-state index contributed by atoms with van der Waals surface area (Å²) in [7, 11) is 2.37. The van der Waals surface area contributed by atoms with Crippen LogP contribution in [-0.4, -0.2) is 22.6 Å². The molecule has 1 aromatic heterocycles. The first-order chi connectivity index (χ1) is 9.69. The van der Waals surface area contributed by atoms with Crippen molar-refractivity contribution in [3.8, 4) is 0 Å². The number of rotatable bonds is 6. The second-order valence-electron chi connectivity index (χ2n) is 4.28. The van der Waals surface area contributed by atoms with Gasteiger partial charge in [-0.1, -0.05) is 30.3 Å². The summed E-state index contributed by atoms with van der Waals surface area (Å²) < 4.78 is 0. The van der Waals surface area contributed by atoms with Crippen molar-refractivity contribution >= 4 is 26.9 Å². The summed E-state index contributed by atoms with van der Waals surface area (Å²) in [5.74, 6) is -0.186. The predicted octanol–water partition coefficient (Wildman–Crippen LogP) is 2.37. The molecule has 1 unspecified atom stereocenters. The number of hydrogen-bond donors (Lipinski definition) is 2. The van der Waals surface area contributed by atoms with Crippen LogP contribution in [0.5, 0.6) is 0 Å². The van der Waals surface area contributed by atoms with E-state index in [1.807, 2.05) is 36.4 Å². The fourth-order valence-corrected chi connectivity index (χ4v) is 2.06. The molecule has 0 fully saturated rings. The quantitative estimate of drug-likeness (QED) is 0.799. The molecule has 104 valence electrons. The standard InChI is InChI=1S/C14H16N3O2P/c18-14(19)10-17(9-11-4-2-1-3-5-11)12-6-7-15-13(8-12)16-20/h1-8H,9-10,20H2,(H,15,16)(H,18,19). The van der Waals surface area contributed by atoms with Gasteiger partial charge in [0.15, 0.2) is 0 Å². The number of nitrogens with zero attached hydrogens (tertiary/aromatic N) is 2. The molecule has 0 aliphatic carbocycles. The number of aliphatic carboxylic acids is 1. The minimum atomic E-state index is -0.863. The van der Waals surface area contributed by atoms with Gasteiger partial charge in [-0.2, -0.15) is 0 Å². The normalized spacial score (nSPS) is 10.1. The van der Waals surface area contributed by atoms with Gasteiger partial charge in [0.2, 0.25) is 0 Å². The van der Waals surface area contributed by atoms with Crippen LogP contribution in [0.3, 0.4) is 0 Å².